The Kier molecular flexibility index (Phi) is 7.50. The van der Waals surface area contributed by atoms with Gasteiger partial charge in [0.15, 0.2) is 0 Å². The van der Waals surface area contributed by atoms with Crippen LogP contribution in [0.3, 0.4) is 0 Å². The smallest absolute Gasteiger partial charge is 0.317 e. The van der Waals surface area contributed by atoms with Gasteiger partial charge in [-0.1, -0.05) is 6.92 Å². The van der Waals surface area contributed by atoms with Crippen molar-refractivity contribution in [3.05, 3.63) is 0 Å². The third-order valence-electron chi connectivity index (χ3n) is 2.36. The van der Waals surface area contributed by atoms with Gasteiger partial charge in [-0.3, -0.25) is 9.59 Å². The summed E-state index contributed by atoms with van der Waals surface area (Å²) in [6.07, 6.45) is 0. The number of aliphatic carboxylic acids is 1. The van der Waals surface area contributed by atoms with E-state index in [1.54, 1.807) is 13.8 Å². The molecule has 0 heterocycles. The highest BCUT2D eigenvalue weighted by Gasteiger charge is 2.19. The summed E-state index contributed by atoms with van der Waals surface area (Å²) in [5.74, 6) is -1.86. The lowest BCUT2D eigenvalue weighted by atomic mass is 10.2. The fourth-order valence-corrected chi connectivity index (χ4v) is 1.29. The van der Waals surface area contributed by atoms with E-state index < -0.39 is 17.9 Å². The predicted octanol–water partition coefficient (Wildman–Crippen LogP) is -0.125. The van der Waals surface area contributed by atoms with Crippen LogP contribution in [0.2, 0.25) is 0 Å². The van der Waals surface area contributed by atoms with Crippen LogP contribution in [-0.2, 0) is 9.59 Å². The molecule has 18 heavy (non-hydrogen) atoms. The second-order valence-corrected chi connectivity index (χ2v) is 3.89. The number of nitrogens with zero attached hydrogens (tertiary/aromatic N) is 1. The lowest BCUT2D eigenvalue weighted by molar-refractivity contribution is -0.141. The van der Waals surface area contributed by atoms with Crippen molar-refractivity contribution in [1.29, 1.82) is 0 Å². The number of carbonyl (C=O) groups excluding carboxylic acids is 2. The first-order chi connectivity index (χ1) is 8.42. The molecule has 0 bridgehead atoms. The zero-order valence-electron chi connectivity index (χ0n) is 11.0. The quantitative estimate of drug-likeness (QED) is 0.593. The maximum Gasteiger partial charge on any atom is 0.317 e. The molecule has 7 nitrogen and oxygen atoms in total. The Morgan fingerprint density at radius 3 is 2.28 bits per heavy atom. The minimum atomic E-state index is -0.954. The van der Waals surface area contributed by atoms with E-state index in [9.17, 15) is 14.4 Å². The molecule has 0 aromatic heterocycles. The van der Waals surface area contributed by atoms with Gasteiger partial charge in [-0.25, -0.2) is 4.79 Å². The molecule has 0 radical (unpaired) electrons. The summed E-state index contributed by atoms with van der Waals surface area (Å²) in [7, 11) is 0. The number of carbonyl (C=O) groups is 3. The number of hydrogen-bond acceptors (Lipinski definition) is 3. The summed E-state index contributed by atoms with van der Waals surface area (Å²) in [6.45, 7) is 5.97. The van der Waals surface area contributed by atoms with E-state index in [-0.39, 0.29) is 19.0 Å². The van der Waals surface area contributed by atoms with Gasteiger partial charge < -0.3 is 20.6 Å². The molecule has 0 aliphatic carbocycles. The highest BCUT2D eigenvalue weighted by atomic mass is 16.4. The Balaban J connectivity index is 4.19. The fraction of sp³-hybridized carbons (Fsp3) is 0.727. The van der Waals surface area contributed by atoms with E-state index >= 15 is 0 Å². The lowest BCUT2D eigenvalue weighted by Crippen LogP contribution is -2.46. The first-order valence-electron chi connectivity index (χ1n) is 5.94. The van der Waals surface area contributed by atoms with Gasteiger partial charge in [0.25, 0.3) is 0 Å². The van der Waals surface area contributed by atoms with Crippen LogP contribution in [0, 0.1) is 5.92 Å². The molecule has 1 unspecified atom stereocenters. The molecule has 3 N–H and O–H groups in total. The Hall–Kier alpha value is -1.79. The second-order valence-electron chi connectivity index (χ2n) is 3.89. The fourth-order valence-electron chi connectivity index (χ4n) is 1.29. The van der Waals surface area contributed by atoms with E-state index in [0.717, 1.165) is 0 Å². The highest BCUT2D eigenvalue weighted by Crippen LogP contribution is 2.00. The molecule has 104 valence electrons. The van der Waals surface area contributed by atoms with Gasteiger partial charge in [-0.15, -0.1) is 0 Å². The summed E-state index contributed by atoms with van der Waals surface area (Å²) in [5, 5.41) is 13.8. The maximum absolute atomic E-state index is 11.7. The van der Waals surface area contributed by atoms with Crippen LogP contribution in [0.25, 0.3) is 0 Å². The number of nitrogens with one attached hydrogen (secondary N) is 2. The van der Waals surface area contributed by atoms with Gasteiger partial charge in [0.2, 0.25) is 5.91 Å². The summed E-state index contributed by atoms with van der Waals surface area (Å²) in [4.78, 5) is 34.9. The number of amides is 3. The number of rotatable bonds is 7. The lowest BCUT2D eigenvalue weighted by Gasteiger charge is -2.23. The molecular weight excluding hydrogens is 238 g/mol. The third kappa shape index (κ3) is 6.07. The van der Waals surface area contributed by atoms with Crippen molar-refractivity contribution in [3.63, 3.8) is 0 Å². The Morgan fingerprint density at radius 2 is 1.83 bits per heavy atom. The van der Waals surface area contributed by atoms with Gasteiger partial charge in [0.05, 0.1) is 12.5 Å². The van der Waals surface area contributed by atoms with Crippen LogP contribution in [0.4, 0.5) is 4.79 Å². The first-order valence-corrected chi connectivity index (χ1v) is 5.94. The van der Waals surface area contributed by atoms with Crippen molar-refractivity contribution in [2.75, 3.05) is 26.2 Å². The maximum atomic E-state index is 11.7. The summed E-state index contributed by atoms with van der Waals surface area (Å²) >= 11 is 0. The normalized spacial score (nSPS) is 11.5. The SMILES string of the molecule is CCNC(=O)CNC(=O)N(CC)CC(C)C(=O)O. The number of urea groups is 1. The van der Waals surface area contributed by atoms with Crippen LogP contribution >= 0.6 is 0 Å². The van der Waals surface area contributed by atoms with Crippen molar-refractivity contribution in [3.8, 4) is 0 Å². The standard InChI is InChI=1S/C11H21N3O4/c1-4-12-9(15)6-13-11(18)14(5-2)7-8(3)10(16)17/h8H,4-7H2,1-3H3,(H,12,15)(H,13,18)(H,16,17). The minimum absolute atomic E-state index is 0.107. The average molecular weight is 259 g/mol. The number of carboxylic acids is 1. The van der Waals surface area contributed by atoms with Gasteiger partial charge in [-0.05, 0) is 13.8 Å². The van der Waals surface area contributed by atoms with Gasteiger partial charge in [0, 0.05) is 19.6 Å². The molecule has 0 rings (SSSR count). The molecule has 0 aromatic rings. The Morgan fingerprint density at radius 1 is 1.22 bits per heavy atom. The molecule has 0 aliphatic heterocycles. The Labute approximate surface area is 107 Å². The second kappa shape index (κ2) is 8.32. The molecule has 0 saturated carbocycles. The van der Waals surface area contributed by atoms with Gasteiger partial charge in [0.1, 0.15) is 0 Å². The van der Waals surface area contributed by atoms with Crippen LogP contribution in [0.1, 0.15) is 20.8 Å². The molecule has 0 fully saturated rings. The molecule has 7 heteroatoms. The van der Waals surface area contributed by atoms with Crippen molar-refractivity contribution < 1.29 is 19.5 Å². The molecule has 3 amide bonds. The highest BCUT2D eigenvalue weighted by molar-refractivity contribution is 5.84. The summed E-state index contributed by atoms with van der Waals surface area (Å²) in [5.41, 5.74) is 0. The minimum Gasteiger partial charge on any atom is -0.481 e. The average Bonchev–Trinajstić information content (AvgIpc) is 2.32. The van der Waals surface area contributed by atoms with Crippen molar-refractivity contribution in [2.45, 2.75) is 20.8 Å². The zero-order valence-corrected chi connectivity index (χ0v) is 11.0. The van der Waals surface area contributed by atoms with Gasteiger partial charge >= 0.3 is 12.0 Å². The third-order valence-corrected chi connectivity index (χ3v) is 2.36. The van der Waals surface area contributed by atoms with Crippen molar-refractivity contribution in [2.24, 2.45) is 5.92 Å². The predicted molar refractivity (Wildman–Crippen MR) is 66.1 cm³/mol. The van der Waals surface area contributed by atoms with Gasteiger partial charge in [-0.2, -0.15) is 0 Å². The largest absolute Gasteiger partial charge is 0.481 e. The molecule has 0 aliphatic rings. The molecule has 0 spiro atoms. The van der Waals surface area contributed by atoms with Crippen LogP contribution in [0.15, 0.2) is 0 Å². The van der Waals surface area contributed by atoms with E-state index in [1.807, 2.05) is 0 Å². The number of hydrogen-bond donors (Lipinski definition) is 3. The monoisotopic (exact) mass is 259 g/mol. The molecular formula is C11H21N3O4. The van der Waals surface area contributed by atoms with Crippen LogP contribution in [0.5, 0.6) is 0 Å². The van der Waals surface area contributed by atoms with Crippen LogP contribution < -0.4 is 10.6 Å². The van der Waals surface area contributed by atoms with E-state index in [1.165, 1.54) is 11.8 Å². The Bertz CT molecular complexity index is 307. The van der Waals surface area contributed by atoms with Crippen LogP contribution in [-0.4, -0.2) is 54.1 Å². The van der Waals surface area contributed by atoms with Crippen molar-refractivity contribution >= 4 is 17.9 Å². The van der Waals surface area contributed by atoms with E-state index in [0.29, 0.717) is 13.1 Å². The first kappa shape index (κ1) is 16.2. The number of carboxylic acid groups (broad SMARTS) is 1. The van der Waals surface area contributed by atoms with E-state index in [2.05, 4.69) is 10.6 Å². The van der Waals surface area contributed by atoms with Crippen molar-refractivity contribution in [1.82, 2.24) is 15.5 Å². The molecule has 0 saturated heterocycles. The topological polar surface area (TPSA) is 98.7 Å². The number of likely N-dealkylation sites (N-methyl/N-ethyl adjacent to an activating group) is 1. The summed E-state index contributed by atoms with van der Waals surface area (Å²) in [6, 6.07) is -0.433. The molecule has 0 aromatic carbocycles. The van der Waals surface area contributed by atoms with E-state index in [4.69, 9.17) is 5.11 Å². The molecule has 1 atom stereocenters. The zero-order chi connectivity index (χ0) is 14.1. The summed E-state index contributed by atoms with van der Waals surface area (Å²) < 4.78 is 0.